The summed E-state index contributed by atoms with van der Waals surface area (Å²) in [7, 11) is 1.51. The van der Waals surface area contributed by atoms with Crippen LogP contribution in [0, 0.1) is 0 Å². The van der Waals surface area contributed by atoms with Crippen molar-refractivity contribution in [1.29, 1.82) is 0 Å². The molecule has 3 N–H and O–H groups in total. The third-order valence-electron chi connectivity index (χ3n) is 5.25. The first-order chi connectivity index (χ1) is 15.5. The summed E-state index contributed by atoms with van der Waals surface area (Å²) in [5, 5.41) is 10.1. The number of rotatable bonds is 6. The topological polar surface area (TPSA) is 102 Å². The average Bonchev–Trinajstić information content (AvgIpc) is 2.80. The highest BCUT2D eigenvalue weighted by molar-refractivity contribution is 6.05. The van der Waals surface area contributed by atoms with E-state index in [1.54, 1.807) is 12.1 Å². The highest BCUT2D eigenvalue weighted by atomic mass is 16.5. The first-order valence-electron chi connectivity index (χ1n) is 10.6. The molecule has 0 bridgehead atoms. The van der Waals surface area contributed by atoms with Gasteiger partial charge in [0.15, 0.2) is 11.3 Å². The van der Waals surface area contributed by atoms with E-state index in [0.29, 0.717) is 22.6 Å². The molecule has 2 aromatic carbocycles. The molecule has 8 heteroatoms. The van der Waals surface area contributed by atoms with E-state index in [1.165, 1.54) is 13.2 Å². The summed E-state index contributed by atoms with van der Waals surface area (Å²) in [5.41, 5.74) is 1.15. The summed E-state index contributed by atoms with van der Waals surface area (Å²) in [6.45, 7) is 6.46. The van der Waals surface area contributed by atoms with Crippen LogP contribution in [0.2, 0.25) is 0 Å². The number of piperazine rings is 1. The summed E-state index contributed by atoms with van der Waals surface area (Å²) in [6.07, 6.45) is -0.148. The maximum atomic E-state index is 12.8. The number of amides is 1. The van der Waals surface area contributed by atoms with Crippen LogP contribution >= 0.6 is 0 Å². The van der Waals surface area contributed by atoms with Gasteiger partial charge in [0.05, 0.1) is 13.2 Å². The molecule has 1 aromatic heterocycles. The number of carbonyl (C=O) groups is 1. The summed E-state index contributed by atoms with van der Waals surface area (Å²) in [4.78, 5) is 25.4. The van der Waals surface area contributed by atoms with Gasteiger partial charge in [-0.15, -0.1) is 0 Å². The number of benzene rings is 2. The molecular formula is C24H27N3O5. The molecule has 2 heterocycles. The molecule has 0 aliphatic carbocycles. The molecule has 1 aliphatic rings. The zero-order valence-corrected chi connectivity index (χ0v) is 18.4. The number of hydrogen-bond acceptors (Lipinski definition) is 7. The van der Waals surface area contributed by atoms with Gasteiger partial charge in [0.1, 0.15) is 5.56 Å². The smallest absolute Gasteiger partial charge is 0.349 e. The van der Waals surface area contributed by atoms with Crippen LogP contribution in [0.1, 0.15) is 35.8 Å². The average molecular weight is 437 g/mol. The van der Waals surface area contributed by atoms with E-state index >= 15 is 0 Å². The Labute approximate surface area is 185 Å². The van der Waals surface area contributed by atoms with E-state index in [4.69, 9.17) is 13.9 Å². The summed E-state index contributed by atoms with van der Waals surface area (Å²) in [5.74, 6) is 0.257. The fraction of sp³-hybridized carbons (Fsp3) is 0.333. The molecular weight excluding hydrogens is 410 g/mol. The van der Waals surface area contributed by atoms with Gasteiger partial charge >= 0.3 is 5.63 Å². The van der Waals surface area contributed by atoms with Crippen LogP contribution in [0.3, 0.4) is 0 Å². The number of methoxy groups -OCH3 is 1. The van der Waals surface area contributed by atoms with Crippen molar-refractivity contribution in [2.45, 2.75) is 26.0 Å². The number of ether oxygens (including phenoxy) is 2. The lowest BCUT2D eigenvalue weighted by molar-refractivity contribution is 0.102. The van der Waals surface area contributed by atoms with Crippen molar-refractivity contribution >= 4 is 22.6 Å². The number of carbonyl (C=O) groups excluding carboxylic acids is 1. The van der Waals surface area contributed by atoms with Crippen molar-refractivity contribution in [2.24, 2.45) is 0 Å². The molecule has 32 heavy (non-hydrogen) atoms. The molecule has 0 radical (unpaired) electrons. The Kier molecular flexibility index (Phi) is 6.43. The van der Waals surface area contributed by atoms with E-state index in [-0.39, 0.29) is 23.3 Å². The van der Waals surface area contributed by atoms with E-state index in [1.807, 2.05) is 38.1 Å². The Bertz CT molecular complexity index is 1160. The van der Waals surface area contributed by atoms with Gasteiger partial charge in [0.2, 0.25) is 5.75 Å². The van der Waals surface area contributed by atoms with Crippen LogP contribution < -0.4 is 31.0 Å². The second-order valence-electron chi connectivity index (χ2n) is 7.92. The van der Waals surface area contributed by atoms with Crippen LogP contribution in [0.4, 0.5) is 5.69 Å². The maximum absolute atomic E-state index is 12.8. The number of hydrogen-bond donors (Lipinski definition) is 3. The molecule has 0 saturated carbocycles. The second-order valence-corrected chi connectivity index (χ2v) is 7.92. The van der Waals surface area contributed by atoms with Crippen molar-refractivity contribution < 1.29 is 18.7 Å². The Morgan fingerprint density at radius 3 is 2.59 bits per heavy atom. The number of fused-ring (bicyclic) bond motifs is 1. The summed E-state index contributed by atoms with van der Waals surface area (Å²) >= 11 is 0. The monoisotopic (exact) mass is 437 g/mol. The fourth-order valence-electron chi connectivity index (χ4n) is 3.69. The largest absolute Gasteiger partial charge is 0.493 e. The third-order valence-corrected chi connectivity index (χ3v) is 5.25. The van der Waals surface area contributed by atoms with E-state index in [0.717, 1.165) is 25.2 Å². The van der Waals surface area contributed by atoms with Crippen LogP contribution in [-0.4, -0.2) is 38.8 Å². The minimum absolute atomic E-state index is 0.0830. The maximum Gasteiger partial charge on any atom is 0.349 e. The van der Waals surface area contributed by atoms with Crippen molar-refractivity contribution in [3.63, 3.8) is 0 Å². The van der Waals surface area contributed by atoms with Gasteiger partial charge in [-0.05, 0) is 49.7 Å². The van der Waals surface area contributed by atoms with Gasteiger partial charge < -0.3 is 29.8 Å². The molecule has 1 fully saturated rings. The zero-order valence-electron chi connectivity index (χ0n) is 18.4. The molecule has 1 saturated heterocycles. The standard InChI is InChI=1S/C24H27N3O5/c1-14(2)31-22-20(30-3)9-6-16-12-18(24(29)32-21(16)22)23(28)27-17-7-4-15(5-8-17)19-13-25-10-11-26-19/h4-9,12,14,19,25-26H,10-11,13H2,1-3H3,(H,27,28). The quantitative estimate of drug-likeness (QED) is 0.510. The molecule has 3 aromatic rings. The highest BCUT2D eigenvalue weighted by Gasteiger charge is 2.20. The van der Waals surface area contributed by atoms with Crippen molar-refractivity contribution in [3.8, 4) is 11.5 Å². The molecule has 168 valence electrons. The Morgan fingerprint density at radius 1 is 1.16 bits per heavy atom. The molecule has 1 amide bonds. The van der Waals surface area contributed by atoms with Crippen molar-refractivity contribution in [1.82, 2.24) is 10.6 Å². The first-order valence-corrected chi connectivity index (χ1v) is 10.6. The first kappa shape index (κ1) is 21.9. The summed E-state index contributed by atoms with van der Waals surface area (Å²) in [6, 6.07) is 12.8. The lowest BCUT2D eigenvalue weighted by Crippen LogP contribution is -2.42. The van der Waals surface area contributed by atoms with Gasteiger partial charge in [0, 0.05) is 36.7 Å². The van der Waals surface area contributed by atoms with Gasteiger partial charge in [-0.2, -0.15) is 0 Å². The normalized spacial score (nSPS) is 16.2. The molecule has 4 rings (SSSR count). The lowest BCUT2D eigenvalue weighted by Gasteiger charge is -2.25. The predicted molar refractivity (Wildman–Crippen MR) is 123 cm³/mol. The van der Waals surface area contributed by atoms with Gasteiger partial charge in [-0.3, -0.25) is 4.79 Å². The van der Waals surface area contributed by atoms with E-state index < -0.39 is 11.5 Å². The van der Waals surface area contributed by atoms with Gasteiger partial charge in [-0.25, -0.2) is 4.79 Å². The van der Waals surface area contributed by atoms with Gasteiger partial charge in [0.25, 0.3) is 5.91 Å². The Balaban J connectivity index is 1.58. The zero-order chi connectivity index (χ0) is 22.7. The minimum Gasteiger partial charge on any atom is -0.493 e. The second kappa shape index (κ2) is 9.42. The van der Waals surface area contributed by atoms with E-state index in [2.05, 4.69) is 16.0 Å². The van der Waals surface area contributed by atoms with E-state index in [9.17, 15) is 9.59 Å². The van der Waals surface area contributed by atoms with Gasteiger partial charge in [-0.1, -0.05) is 12.1 Å². The van der Waals surface area contributed by atoms with Crippen LogP contribution in [0.25, 0.3) is 11.0 Å². The molecule has 1 atom stereocenters. The summed E-state index contributed by atoms with van der Waals surface area (Å²) < 4.78 is 16.6. The third kappa shape index (κ3) is 4.61. The Morgan fingerprint density at radius 2 is 1.94 bits per heavy atom. The van der Waals surface area contributed by atoms with Crippen molar-refractivity contribution in [2.75, 3.05) is 32.1 Å². The molecule has 1 aliphatic heterocycles. The van der Waals surface area contributed by atoms with Crippen molar-refractivity contribution in [3.05, 3.63) is 64.0 Å². The lowest BCUT2D eigenvalue weighted by atomic mass is 10.0. The Hall–Kier alpha value is -3.36. The van der Waals surface area contributed by atoms with Crippen LogP contribution in [0.5, 0.6) is 11.5 Å². The minimum atomic E-state index is -0.744. The molecule has 8 nitrogen and oxygen atoms in total. The fourth-order valence-corrected chi connectivity index (χ4v) is 3.69. The predicted octanol–water partition coefficient (Wildman–Crippen LogP) is 3.08. The molecule has 1 unspecified atom stereocenters. The SMILES string of the molecule is COc1ccc2cc(C(=O)Nc3ccc(C4CNCCN4)cc3)c(=O)oc2c1OC(C)C. The number of nitrogens with one attached hydrogen (secondary N) is 3. The number of anilines is 1. The highest BCUT2D eigenvalue weighted by Crippen LogP contribution is 2.36. The van der Waals surface area contributed by atoms with Crippen LogP contribution in [-0.2, 0) is 0 Å². The molecule has 0 spiro atoms. The van der Waals surface area contributed by atoms with Crippen LogP contribution in [0.15, 0.2) is 51.7 Å².